The summed E-state index contributed by atoms with van der Waals surface area (Å²) in [5.41, 5.74) is 2.31. The number of aryl methyl sites for hydroxylation is 1. The van der Waals surface area contributed by atoms with Gasteiger partial charge in [0.25, 0.3) is 10.0 Å². The van der Waals surface area contributed by atoms with E-state index in [1.807, 2.05) is 52.0 Å². The summed E-state index contributed by atoms with van der Waals surface area (Å²) in [5.74, 6) is -0.709. The lowest BCUT2D eigenvalue weighted by Crippen LogP contribution is -2.53. The molecule has 3 aromatic carbocycles. The van der Waals surface area contributed by atoms with Gasteiger partial charge < -0.3 is 10.2 Å². The molecule has 0 fully saturated rings. The van der Waals surface area contributed by atoms with Crippen LogP contribution in [0.5, 0.6) is 0 Å². The highest BCUT2D eigenvalue weighted by molar-refractivity contribution is 7.92. The monoisotopic (exact) mass is 535 g/mol. The van der Waals surface area contributed by atoms with Gasteiger partial charge in [-0.1, -0.05) is 80.1 Å². The van der Waals surface area contributed by atoms with Crippen LogP contribution >= 0.6 is 0 Å². The van der Waals surface area contributed by atoms with Gasteiger partial charge in [0, 0.05) is 12.6 Å². The fraction of sp³-hybridized carbons (Fsp3) is 0.333. The molecule has 0 saturated heterocycles. The molecule has 0 bridgehead atoms. The van der Waals surface area contributed by atoms with E-state index in [2.05, 4.69) is 5.32 Å². The van der Waals surface area contributed by atoms with Crippen LogP contribution in [0.1, 0.15) is 44.7 Å². The standard InChI is InChI=1S/C30H37N3O4S/c1-5-24(4)31-30(35)28(6-2)32(21-25-19-17-23(3)18-20-25)29(34)22-33(26-13-9-7-10-14-26)38(36,37)27-15-11-8-12-16-27/h7-20,24,28H,5-6,21-22H2,1-4H3,(H,31,35)/t24-,28+/m1/s1. The van der Waals surface area contributed by atoms with Crippen LogP contribution in [-0.4, -0.2) is 43.8 Å². The fourth-order valence-electron chi connectivity index (χ4n) is 4.09. The normalized spacial score (nSPS) is 12.8. The highest BCUT2D eigenvalue weighted by Gasteiger charge is 2.33. The van der Waals surface area contributed by atoms with Crippen molar-refractivity contribution in [3.8, 4) is 0 Å². The Morgan fingerprint density at radius 3 is 1.97 bits per heavy atom. The summed E-state index contributed by atoms with van der Waals surface area (Å²) in [5, 5.41) is 2.99. The van der Waals surface area contributed by atoms with Gasteiger partial charge in [0.15, 0.2) is 0 Å². The number of hydrogen-bond donors (Lipinski definition) is 1. The van der Waals surface area contributed by atoms with E-state index in [1.54, 1.807) is 48.5 Å². The van der Waals surface area contributed by atoms with Gasteiger partial charge in [0.1, 0.15) is 12.6 Å². The number of nitrogens with one attached hydrogen (secondary N) is 1. The molecule has 0 aliphatic rings. The molecule has 0 aliphatic heterocycles. The lowest BCUT2D eigenvalue weighted by molar-refractivity contribution is -0.140. The van der Waals surface area contributed by atoms with Crippen molar-refractivity contribution in [3.05, 3.63) is 96.1 Å². The van der Waals surface area contributed by atoms with Crippen molar-refractivity contribution in [2.75, 3.05) is 10.8 Å². The van der Waals surface area contributed by atoms with Crippen molar-refractivity contribution in [2.24, 2.45) is 0 Å². The first kappa shape index (κ1) is 28.9. The molecule has 202 valence electrons. The predicted molar refractivity (Wildman–Crippen MR) is 151 cm³/mol. The van der Waals surface area contributed by atoms with Crippen LogP contribution in [0.15, 0.2) is 89.8 Å². The van der Waals surface area contributed by atoms with Crippen molar-refractivity contribution in [3.63, 3.8) is 0 Å². The van der Waals surface area contributed by atoms with Crippen LogP contribution in [0.2, 0.25) is 0 Å². The van der Waals surface area contributed by atoms with Gasteiger partial charge in [-0.05, 0) is 56.5 Å². The molecule has 0 aromatic heterocycles. The Hall–Kier alpha value is -3.65. The first-order valence-corrected chi connectivity index (χ1v) is 14.4. The number of carbonyl (C=O) groups excluding carboxylic acids is 2. The molecule has 2 amide bonds. The molecule has 3 rings (SSSR count). The minimum absolute atomic E-state index is 0.0489. The summed E-state index contributed by atoms with van der Waals surface area (Å²) >= 11 is 0. The third-order valence-corrected chi connectivity index (χ3v) is 8.30. The van der Waals surface area contributed by atoms with Crippen molar-refractivity contribution in [1.82, 2.24) is 10.2 Å². The van der Waals surface area contributed by atoms with Crippen LogP contribution in [0.3, 0.4) is 0 Å². The summed E-state index contributed by atoms with van der Waals surface area (Å²) < 4.78 is 28.6. The second-order valence-electron chi connectivity index (χ2n) is 9.41. The molecule has 3 aromatic rings. The summed E-state index contributed by atoms with van der Waals surface area (Å²) in [4.78, 5) is 28.8. The number of para-hydroxylation sites is 1. The number of benzene rings is 3. The maximum atomic E-state index is 14.0. The lowest BCUT2D eigenvalue weighted by atomic mass is 10.1. The van der Waals surface area contributed by atoms with Crippen LogP contribution in [0.25, 0.3) is 0 Å². The predicted octanol–water partition coefficient (Wildman–Crippen LogP) is 4.91. The van der Waals surface area contributed by atoms with E-state index in [0.29, 0.717) is 12.1 Å². The van der Waals surface area contributed by atoms with E-state index in [0.717, 1.165) is 21.9 Å². The molecular weight excluding hydrogens is 498 g/mol. The van der Waals surface area contributed by atoms with Gasteiger partial charge in [-0.2, -0.15) is 0 Å². The average Bonchev–Trinajstić information content (AvgIpc) is 2.93. The zero-order chi connectivity index (χ0) is 27.7. The van der Waals surface area contributed by atoms with E-state index in [1.165, 1.54) is 17.0 Å². The Labute approximate surface area is 226 Å². The average molecular weight is 536 g/mol. The smallest absolute Gasteiger partial charge is 0.264 e. The highest BCUT2D eigenvalue weighted by atomic mass is 32.2. The Morgan fingerprint density at radius 2 is 1.42 bits per heavy atom. The van der Waals surface area contributed by atoms with Gasteiger partial charge >= 0.3 is 0 Å². The van der Waals surface area contributed by atoms with Crippen molar-refractivity contribution < 1.29 is 18.0 Å². The summed E-state index contributed by atoms with van der Waals surface area (Å²) in [6, 6.07) is 23.6. The molecule has 8 heteroatoms. The van der Waals surface area contributed by atoms with Gasteiger partial charge in [-0.3, -0.25) is 13.9 Å². The Bertz CT molecular complexity index is 1300. The SMILES string of the molecule is CC[C@@H](C)NC(=O)[C@H](CC)N(Cc1ccc(C)cc1)C(=O)CN(c1ccccc1)S(=O)(=O)c1ccccc1. The van der Waals surface area contributed by atoms with E-state index >= 15 is 0 Å². The van der Waals surface area contributed by atoms with Crippen LogP contribution in [0.4, 0.5) is 5.69 Å². The second kappa shape index (κ2) is 13.2. The van der Waals surface area contributed by atoms with E-state index in [4.69, 9.17) is 0 Å². The summed E-state index contributed by atoms with van der Waals surface area (Å²) in [7, 11) is -4.05. The molecule has 0 radical (unpaired) electrons. The largest absolute Gasteiger partial charge is 0.352 e. The van der Waals surface area contributed by atoms with Crippen LogP contribution in [0, 0.1) is 6.92 Å². The minimum atomic E-state index is -4.05. The molecule has 7 nitrogen and oxygen atoms in total. The molecule has 2 atom stereocenters. The minimum Gasteiger partial charge on any atom is -0.352 e. The lowest BCUT2D eigenvalue weighted by Gasteiger charge is -2.33. The van der Waals surface area contributed by atoms with Gasteiger partial charge in [-0.15, -0.1) is 0 Å². The maximum Gasteiger partial charge on any atom is 0.264 e. The first-order chi connectivity index (χ1) is 18.2. The first-order valence-electron chi connectivity index (χ1n) is 13.0. The van der Waals surface area contributed by atoms with Crippen LogP contribution in [-0.2, 0) is 26.2 Å². The van der Waals surface area contributed by atoms with Crippen LogP contribution < -0.4 is 9.62 Å². The van der Waals surface area contributed by atoms with E-state index in [9.17, 15) is 18.0 Å². The fourth-order valence-corrected chi connectivity index (χ4v) is 5.53. The molecule has 0 heterocycles. The van der Waals surface area contributed by atoms with E-state index < -0.39 is 28.5 Å². The van der Waals surface area contributed by atoms with Gasteiger partial charge in [0.05, 0.1) is 10.6 Å². The van der Waals surface area contributed by atoms with Gasteiger partial charge in [-0.25, -0.2) is 8.42 Å². The van der Waals surface area contributed by atoms with Crippen molar-refractivity contribution >= 4 is 27.5 Å². The molecule has 0 saturated carbocycles. The zero-order valence-corrected chi connectivity index (χ0v) is 23.3. The Morgan fingerprint density at radius 1 is 0.842 bits per heavy atom. The number of carbonyl (C=O) groups is 2. The number of amides is 2. The molecule has 0 aliphatic carbocycles. The molecule has 0 spiro atoms. The van der Waals surface area contributed by atoms with Crippen molar-refractivity contribution in [1.29, 1.82) is 0 Å². The number of anilines is 1. The molecule has 38 heavy (non-hydrogen) atoms. The number of hydrogen-bond acceptors (Lipinski definition) is 4. The number of nitrogens with zero attached hydrogens (tertiary/aromatic N) is 2. The Balaban J connectivity index is 2.01. The molecule has 1 N–H and O–H groups in total. The van der Waals surface area contributed by atoms with E-state index in [-0.39, 0.29) is 23.4 Å². The third kappa shape index (κ3) is 7.22. The quantitative estimate of drug-likeness (QED) is 0.357. The third-order valence-electron chi connectivity index (χ3n) is 6.51. The summed E-state index contributed by atoms with van der Waals surface area (Å²) in [6.45, 7) is 7.46. The topological polar surface area (TPSA) is 86.8 Å². The maximum absolute atomic E-state index is 14.0. The highest BCUT2D eigenvalue weighted by Crippen LogP contribution is 2.24. The zero-order valence-electron chi connectivity index (χ0n) is 22.5. The van der Waals surface area contributed by atoms with Gasteiger partial charge in [0.2, 0.25) is 11.8 Å². The Kier molecular flexibility index (Phi) is 10.1. The molecule has 0 unspecified atom stereocenters. The summed E-state index contributed by atoms with van der Waals surface area (Å²) in [6.07, 6.45) is 1.14. The second-order valence-corrected chi connectivity index (χ2v) is 11.3. The molecular formula is C30H37N3O4S. The number of sulfonamides is 1. The van der Waals surface area contributed by atoms with Crippen molar-refractivity contribution in [2.45, 2.75) is 64.1 Å². The number of rotatable bonds is 12.